The molecule has 124 valence electrons. The predicted molar refractivity (Wildman–Crippen MR) is 91.3 cm³/mol. The summed E-state index contributed by atoms with van der Waals surface area (Å²) in [6, 6.07) is 10.6. The number of H-pyrrole nitrogens is 1. The molecule has 3 aromatic heterocycles. The first-order valence-corrected chi connectivity index (χ1v) is 9.22. The summed E-state index contributed by atoms with van der Waals surface area (Å²) in [5.74, 6) is 0.282. The molecule has 0 saturated heterocycles. The second-order valence-electron chi connectivity index (χ2n) is 5.43. The molecule has 8 nitrogen and oxygen atoms in total. The predicted octanol–water partition coefficient (Wildman–Crippen LogP) is 1.88. The Morgan fingerprint density at radius 3 is 2.56 bits per heavy atom. The molecule has 0 spiro atoms. The molecule has 0 aliphatic rings. The monoisotopic (exact) mass is 352 g/mol. The van der Waals surface area contributed by atoms with Crippen LogP contribution < -0.4 is 0 Å². The average Bonchev–Trinajstić information content (AvgIpc) is 3.14. The van der Waals surface area contributed by atoms with Gasteiger partial charge in [-0.25, -0.2) is 23.5 Å². The zero-order valence-electron chi connectivity index (χ0n) is 13.1. The van der Waals surface area contributed by atoms with Crippen LogP contribution in [0.2, 0.25) is 0 Å². The standard InChI is InChI=1S/C16H12N6O2S/c1-25(23,24)13-6-2-4-11(14(13)16-19-21-22-20-16)10-7-9-18-15-12(10)5-3-8-17-15/h2-9H,1H3,(H,19,20,21,22). The number of nitrogens with zero attached hydrogens (tertiary/aromatic N) is 5. The van der Waals surface area contributed by atoms with Crippen molar-refractivity contribution >= 4 is 20.9 Å². The number of pyridine rings is 2. The van der Waals surface area contributed by atoms with Gasteiger partial charge in [0.25, 0.3) is 0 Å². The van der Waals surface area contributed by atoms with Crippen molar-refractivity contribution in [2.75, 3.05) is 6.26 Å². The van der Waals surface area contributed by atoms with Crippen LogP contribution >= 0.6 is 0 Å². The van der Waals surface area contributed by atoms with Gasteiger partial charge in [-0.1, -0.05) is 12.1 Å². The van der Waals surface area contributed by atoms with Crippen molar-refractivity contribution in [3.8, 4) is 22.5 Å². The number of hydrogen-bond acceptors (Lipinski definition) is 7. The summed E-state index contributed by atoms with van der Waals surface area (Å²) in [5, 5.41) is 14.5. The van der Waals surface area contributed by atoms with Gasteiger partial charge in [-0.05, 0) is 45.8 Å². The van der Waals surface area contributed by atoms with E-state index in [1.807, 2.05) is 24.3 Å². The molecule has 0 radical (unpaired) electrons. The highest BCUT2D eigenvalue weighted by Gasteiger charge is 2.22. The van der Waals surface area contributed by atoms with E-state index in [4.69, 9.17) is 0 Å². The first kappa shape index (κ1) is 15.3. The summed E-state index contributed by atoms with van der Waals surface area (Å²) in [7, 11) is -3.49. The van der Waals surface area contributed by atoms with Crippen molar-refractivity contribution < 1.29 is 8.42 Å². The lowest BCUT2D eigenvalue weighted by Gasteiger charge is -2.13. The highest BCUT2D eigenvalue weighted by atomic mass is 32.2. The first-order valence-electron chi connectivity index (χ1n) is 7.33. The maximum Gasteiger partial charge on any atom is 0.181 e. The molecule has 0 fully saturated rings. The largest absolute Gasteiger partial charge is 0.239 e. The van der Waals surface area contributed by atoms with Crippen molar-refractivity contribution in [1.29, 1.82) is 0 Å². The maximum absolute atomic E-state index is 12.3. The van der Waals surface area contributed by atoms with Crippen molar-refractivity contribution in [3.63, 3.8) is 0 Å². The minimum absolute atomic E-state index is 0.150. The van der Waals surface area contributed by atoms with Gasteiger partial charge in [0.2, 0.25) is 0 Å². The summed E-state index contributed by atoms with van der Waals surface area (Å²) in [6.07, 6.45) is 4.46. The Bertz CT molecular complexity index is 1170. The molecular weight excluding hydrogens is 340 g/mol. The minimum atomic E-state index is -3.49. The number of rotatable bonds is 3. The fourth-order valence-electron chi connectivity index (χ4n) is 2.79. The van der Waals surface area contributed by atoms with E-state index in [0.29, 0.717) is 16.8 Å². The van der Waals surface area contributed by atoms with Gasteiger partial charge in [-0.15, -0.1) is 5.10 Å². The van der Waals surface area contributed by atoms with Crippen LogP contribution in [0.15, 0.2) is 53.7 Å². The molecule has 0 aliphatic heterocycles. The zero-order valence-corrected chi connectivity index (χ0v) is 13.9. The number of nitrogens with one attached hydrogen (secondary N) is 1. The average molecular weight is 352 g/mol. The second kappa shape index (κ2) is 5.71. The van der Waals surface area contributed by atoms with E-state index in [1.54, 1.807) is 18.5 Å². The number of aromatic nitrogens is 6. The summed E-state index contributed by atoms with van der Waals surface area (Å²) in [5.41, 5.74) is 2.48. The Morgan fingerprint density at radius 2 is 1.80 bits per heavy atom. The normalized spacial score (nSPS) is 11.7. The molecule has 0 amide bonds. The smallest absolute Gasteiger partial charge is 0.181 e. The van der Waals surface area contributed by atoms with Crippen LogP contribution in [0.5, 0.6) is 0 Å². The zero-order chi connectivity index (χ0) is 17.4. The molecule has 0 aliphatic carbocycles. The molecular formula is C16H12N6O2S. The van der Waals surface area contributed by atoms with E-state index in [0.717, 1.165) is 17.2 Å². The number of aromatic amines is 1. The number of sulfone groups is 1. The van der Waals surface area contributed by atoms with Gasteiger partial charge in [0.05, 0.1) is 4.90 Å². The first-order chi connectivity index (χ1) is 12.1. The van der Waals surface area contributed by atoms with Crippen LogP contribution in [0.3, 0.4) is 0 Å². The van der Waals surface area contributed by atoms with Crippen LogP contribution in [0, 0.1) is 0 Å². The molecule has 4 aromatic rings. The third kappa shape index (κ3) is 2.64. The van der Waals surface area contributed by atoms with Gasteiger partial charge >= 0.3 is 0 Å². The van der Waals surface area contributed by atoms with Gasteiger partial charge in [0.15, 0.2) is 21.3 Å². The molecule has 4 rings (SSSR count). The van der Waals surface area contributed by atoms with Gasteiger partial charge in [-0.3, -0.25) is 0 Å². The fraction of sp³-hybridized carbons (Fsp3) is 0.0625. The highest BCUT2D eigenvalue weighted by molar-refractivity contribution is 7.90. The van der Waals surface area contributed by atoms with E-state index < -0.39 is 9.84 Å². The lowest BCUT2D eigenvalue weighted by molar-refractivity contribution is 0.602. The molecule has 0 unspecified atom stereocenters. The van der Waals surface area contributed by atoms with Gasteiger partial charge in [0.1, 0.15) is 0 Å². The van der Waals surface area contributed by atoms with Gasteiger partial charge < -0.3 is 0 Å². The van der Waals surface area contributed by atoms with Gasteiger partial charge in [0, 0.05) is 29.6 Å². The van der Waals surface area contributed by atoms with Crippen molar-refractivity contribution in [2.24, 2.45) is 0 Å². The molecule has 0 bridgehead atoms. The molecule has 0 atom stereocenters. The van der Waals surface area contributed by atoms with Crippen LogP contribution in [0.1, 0.15) is 0 Å². The number of hydrogen-bond donors (Lipinski definition) is 1. The molecule has 0 saturated carbocycles. The Labute approximate surface area is 142 Å². The Kier molecular flexibility index (Phi) is 3.50. The summed E-state index contributed by atoms with van der Waals surface area (Å²) >= 11 is 0. The summed E-state index contributed by atoms with van der Waals surface area (Å²) in [6.45, 7) is 0. The lowest BCUT2D eigenvalue weighted by atomic mass is 9.97. The number of benzene rings is 1. The quantitative estimate of drug-likeness (QED) is 0.598. The van der Waals surface area contributed by atoms with E-state index in [-0.39, 0.29) is 10.7 Å². The van der Waals surface area contributed by atoms with Crippen molar-refractivity contribution in [2.45, 2.75) is 4.90 Å². The fourth-order valence-corrected chi connectivity index (χ4v) is 3.69. The number of fused-ring (bicyclic) bond motifs is 1. The minimum Gasteiger partial charge on any atom is -0.239 e. The van der Waals surface area contributed by atoms with Crippen molar-refractivity contribution in [1.82, 2.24) is 30.6 Å². The highest BCUT2D eigenvalue weighted by Crippen LogP contribution is 2.37. The number of tetrazole rings is 1. The summed E-state index contributed by atoms with van der Waals surface area (Å²) < 4.78 is 24.6. The third-order valence-corrected chi connectivity index (χ3v) is 4.95. The van der Waals surface area contributed by atoms with E-state index in [2.05, 4.69) is 30.6 Å². The molecule has 3 heterocycles. The van der Waals surface area contributed by atoms with E-state index in [1.165, 1.54) is 6.07 Å². The van der Waals surface area contributed by atoms with Crippen LogP contribution in [-0.2, 0) is 9.84 Å². The molecule has 9 heteroatoms. The maximum atomic E-state index is 12.3. The molecule has 1 aromatic carbocycles. The summed E-state index contributed by atoms with van der Waals surface area (Å²) in [4.78, 5) is 8.66. The van der Waals surface area contributed by atoms with Gasteiger partial charge in [-0.2, -0.15) is 0 Å². The second-order valence-corrected chi connectivity index (χ2v) is 7.42. The van der Waals surface area contributed by atoms with Crippen LogP contribution in [0.4, 0.5) is 0 Å². The third-order valence-electron chi connectivity index (χ3n) is 3.81. The molecule has 25 heavy (non-hydrogen) atoms. The SMILES string of the molecule is CS(=O)(=O)c1cccc(-c2ccnc3ncccc23)c1-c1nnn[nH]1. The van der Waals surface area contributed by atoms with E-state index in [9.17, 15) is 8.42 Å². The lowest BCUT2D eigenvalue weighted by Crippen LogP contribution is -2.03. The van der Waals surface area contributed by atoms with E-state index >= 15 is 0 Å². The molecule has 1 N–H and O–H groups in total. The topological polar surface area (TPSA) is 114 Å². The Morgan fingerprint density at radius 1 is 0.960 bits per heavy atom. The van der Waals surface area contributed by atoms with Crippen LogP contribution in [-0.4, -0.2) is 45.3 Å². The van der Waals surface area contributed by atoms with Crippen LogP contribution in [0.25, 0.3) is 33.5 Å². The Balaban J connectivity index is 2.12. The van der Waals surface area contributed by atoms with Crippen molar-refractivity contribution in [3.05, 3.63) is 48.8 Å². The Hall–Kier alpha value is -3.20.